The molecule has 188 valence electrons. The van der Waals surface area contributed by atoms with Gasteiger partial charge in [0.1, 0.15) is 12.1 Å². The van der Waals surface area contributed by atoms with Gasteiger partial charge in [-0.05, 0) is 33.1 Å². The number of unbranched alkanes of at least 4 members (excludes halogenated alkanes) is 7. The molecule has 0 spiro atoms. The predicted molar refractivity (Wildman–Crippen MR) is 125 cm³/mol. The van der Waals surface area contributed by atoms with Crippen LogP contribution in [0, 0.1) is 0 Å². The Morgan fingerprint density at radius 3 is 2.03 bits per heavy atom. The van der Waals surface area contributed by atoms with Crippen LogP contribution in [0.15, 0.2) is 12.2 Å². The predicted octanol–water partition coefficient (Wildman–Crippen LogP) is 1.53. The summed E-state index contributed by atoms with van der Waals surface area (Å²) in [6, 6.07) is -2.32. The fourth-order valence-corrected chi connectivity index (χ4v) is 3.00. The first-order valence-corrected chi connectivity index (χ1v) is 11.5. The van der Waals surface area contributed by atoms with Gasteiger partial charge in [-0.25, -0.2) is 0 Å². The highest BCUT2D eigenvalue weighted by Gasteiger charge is 2.23. The molecule has 0 heterocycles. The van der Waals surface area contributed by atoms with Crippen molar-refractivity contribution in [2.75, 3.05) is 6.54 Å². The van der Waals surface area contributed by atoms with Crippen LogP contribution in [0.5, 0.6) is 0 Å². The Morgan fingerprint density at radius 1 is 0.970 bits per heavy atom. The number of amides is 4. The van der Waals surface area contributed by atoms with Gasteiger partial charge in [0.2, 0.25) is 23.6 Å². The van der Waals surface area contributed by atoms with E-state index in [0.29, 0.717) is 23.8 Å². The van der Waals surface area contributed by atoms with Crippen LogP contribution in [0.2, 0.25) is 1.41 Å². The molecule has 33 heavy (non-hydrogen) atoms. The van der Waals surface area contributed by atoms with E-state index < -0.39 is 35.8 Å². The normalized spacial score (nSPS) is 12.7. The van der Waals surface area contributed by atoms with Crippen LogP contribution in [0.4, 0.5) is 0 Å². The van der Waals surface area contributed by atoms with E-state index in [0.717, 1.165) is 44.9 Å². The molecule has 0 fully saturated rings. The van der Waals surface area contributed by atoms with Gasteiger partial charge < -0.3 is 26.8 Å². The Kier molecular flexibility index (Phi) is 15.0. The van der Waals surface area contributed by atoms with E-state index in [9.17, 15) is 24.0 Å². The van der Waals surface area contributed by atoms with E-state index in [1.807, 2.05) is 0 Å². The minimum Gasteiger partial charge on any atom is -0.481 e. The molecule has 10 heteroatoms. The molecule has 0 saturated heterocycles. The lowest BCUT2D eigenvalue weighted by atomic mass is 10.1. The fourth-order valence-electron chi connectivity index (χ4n) is 3.00. The van der Waals surface area contributed by atoms with E-state index >= 15 is 0 Å². The largest absolute Gasteiger partial charge is 0.481 e. The number of hydrogen-bond donors (Lipinski definition) is 5. The molecule has 6 N–H and O–H groups in total. The van der Waals surface area contributed by atoms with Gasteiger partial charge >= 0.3 is 5.97 Å². The first-order valence-electron chi connectivity index (χ1n) is 12.0. The quantitative estimate of drug-likeness (QED) is 0.142. The third-order valence-corrected chi connectivity index (χ3v) is 5.01. The second-order valence-corrected chi connectivity index (χ2v) is 8.21. The lowest BCUT2D eigenvalue weighted by Crippen LogP contribution is -2.51. The maximum absolute atomic E-state index is 12.2. The van der Waals surface area contributed by atoms with Crippen molar-refractivity contribution in [1.82, 2.24) is 15.9 Å². The Hall–Kier alpha value is -2.91. The molecular formula is C23H40N4O6. The highest BCUT2D eigenvalue weighted by Crippen LogP contribution is 2.09. The van der Waals surface area contributed by atoms with Crippen molar-refractivity contribution < 1.29 is 30.5 Å². The molecule has 2 atom stereocenters. The zero-order chi connectivity index (χ0) is 26.1. The zero-order valence-corrected chi connectivity index (χ0v) is 19.9. The van der Waals surface area contributed by atoms with Crippen molar-refractivity contribution >= 4 is 29.6 Å². The summed E-state index contributed by atoms with van der Waals surface area (Å²) in [5.74, 6) is -3.35. The van der Waals surface area contributed by atoms with Crippen LogP contribution in [-0.2, 0) is 24.0 Å². The summed E-state index contributed by atoms with van der Waals surface area (Å²) in [5, 5.41) is 14.4. The first kappa shape index (κ1) is 28.1. The standard InChI is InChI=1S/C23H40N4O6/c1-16(2)22(32)25-15-11-9-7-5-4-6-8-10-12-19(28)26-17(3)23(33)27-18(21(24)31)13-14-20(29)30/h17-18H,1,4-15H2,2-3H3,(H2,24,31)(H,25,32)(H,26,28)(H,27,33)(H,29,30)/t17-,18-/m0/s1/i/hD. The summed E-state index contributed by atoms with van der Waals surface area (Å²) < 4.78 is 7.89. The van der Waals surface area contributed by atoms with Gasteiger partial charge in [0.05, 0.1) is 0 Å². The maximum Gasteiger partial charge on any atom is 0.303 e. The monoisotopic (exact) mass is 469 g/mol. The minimum atomic E-state index is -1.18. The average Bonchev–Trinajstić information content (AvgIpc) is 2.77. The molecule has 0 saturated carbocycles. The summed E-state index contributed by atoms with van der Waals surface area (Å²) in [6.07, 6.45) is 7.21. The molecule has 0 unspecified atom stereocenters. The van der Waals surface area contributed by atoms with Crippen LogP contribution in [0.3, 0.4) is 0 Å². The molecule has 0 aromatic heterocycles. The fraction of sp³-hybridized carbons (Fsp3) is 0.696. The average molecular weight is 470 g/mol. The molecule has 0 aliphatic carbocycles. The van der Waals surface area contributed by atoms with Gasteiger partial charge in [0, 0.05) is 25.0 Å². The number of carboxylic acids is 1. The van der Waals surface area contributed by atoms with E-state index in [1.165, 1.54) is 6.92 Å². The number of rotatable bonds is 19. The van der Waals surface area contributed by atoms with Gasteiger partial charge in [0.25, 0.3) is 0 Å². The molecule has 0 aliphatic heterocycles. The Labute approximate surface area is 197 Å². The third-order valence-electron chi connectivity index (χ3n) is 5.01. The van der Waals surface area contributed by atoms with Crippen LogP contribution < -0.4 is 21.7 Å². The highest BCUT2D eigenvalue weighted by atomic mass is 16.4. The summed E-state index contributed by atoms with van der Waals surface area (Å²) >= 11 is 0. The van der Waals surface area contributed by atoms with Crippen molar-refractivity contribution in [2.45, 2.75) is 96.6 Å². The molecule has 0 radical (unpaired) electrons. The highest BCUT2D eigenvalue weighted by molar-refractivity contribution is 5.92. The number of nitrogens with one attached hydrogen (secondary N) is 3. The van der Waals surface area contributed by atoms with Crippen LogP contribution in [0.25, 0.3) is 0 Å². The molecule has 0 rings (SSSR count). The Balaban J connectivity index is 4.01. The minimum absolute atomic E-state index is 0.110. The van der Waals surface area contributed by atoms with Crippen molar-refractivity contribution in [3.05, 3.63) is 12.2 Å². The van der Waals surface area contributed by atoms with Gasteiger partial charge in [-0.1, -0.05) is 45.1 Å². The first-order chi connectivity index (χ1) is 16.0. The number of carbonyl (C=O) groups excluding carboxylic acids is 4. The Morgan fingerprint density at radius 2 is 1.52 bits per heavy atom. The summed E-state index contributed by atoms with van der Waals surface area (Å²) in [5.41, 5.74) is 5.69. The van der Waals surface area contributed by atoms with E-state index in [-0.39, 0.29) is 25.2 Å². The van der Waals surface area contributed by atoms with Crippen molar-refractivity contribution in [1.29, 1.82) is 0 Å². The zero-order valence-electron chi connectivity index (χ0n) is 20.9. The topological polar surface area (TPSA) is 168 Å². The molecule has 4 amide bonds. The molecule has 0 aliphatic rings. The summed E-state index contributed by atoms with van der Waals surface area (Å²) in [7, 11) is 0. The number of carboxylic acid groups (broad SMARTS) is 1. The van der Waals surface area contributed by atoms with Crippen molar-refractivity contribution in [2.24, 2.45) is 5.73 Å². The Bertz CT molecular complexity index is 716. The van der Waals surface area contributed by atoms with Gasteiger partial charge in [-0.2, -0.15) is 0 Å². The molecule has 0 aromatic rings. The maximum atomic E-state index is 12.2. The number of primary amides is 1. The van der Waals surface area contributed by atoms with Crippen LogP contribution in [-0.4, -0.2) is 53.3 Å². The van der Waals surface area contributed by atoms with Gasteiger partial charge in [-0.3, -0.25) is 24.0 Å². The lowest BCUT2D eigenvalue weighted by molar-refractivity contribution is -0.137. The van der Waals surface area contributed by atoms with Gasteiger partial charge in [0.15, 0.2) is 1.41 Å². The SMILES string of the molecule is [2H]N(C(=O)CCCCCCCCCCNC(=O)C(=C)C)[C@@H](C)C(=O)N[C@@H](CCC(=O)O)C(N)=O. The van der Waals surface area contributed by atoms with Crippen molar-refractivity contribution in [3.63, 3.8) is 0 Å². The number of nitrogens with two attached hydrogens (primary N) is 1. The second kappa shape index (κ2) is 17.6. The number of hydrogen-bond acceptors (Lipinski definition) is 5. The molecule has 0 aromatic carbocycles. The third kappa shape index (κ3) is 16.4. The lowest BCUT2D eigenvalue weighted by Gasteiger charge is -2.19. The van der Waals surface area contributed by atoms with Gasteiger partial charge in [-0.15, -0.1) is 0 Å². The smallest absolute Gasteiger partial charge is 0.303 e. The summed E-state index contributed by atoms with van der Waals surface area (Å²) in [4.78, 5) is 57.9. The molecule has 10 nitrogen and oxygen atoms in total. The van der Waals surface area contributed by atoms with E-state index in [2.05, 4.69) is 17.2 Å². The van der Waals surface area contributed by atoms with E-state index in [4.69, 9.17) is 12.3 Å². The van der Waals surface area contributed by atoms with E-state index in [1.54, 1.807) is 6.92 Å². The van der Waals surface area contributed by atoms with Crippen LogP contribution >= 0.6 is 0 Å². The van der Waals surface area contributed by atoms with Crippen molar-refractivity contribution in [3.8, 4) is 0 Å². The van der Waals surface area contributed by atoms with Crippen LogP contribution in [0.1, 0.15) is 84.5 Å². The number of aliphatic carboxylic acids is 1. The summed E-state index contributed by atoms with van der Waals surface area (Å²) in [6.45, 7) is 7.28. The molecular weight excluding hydrogens is 428 g/mol. The number of carbonyl (C=O) groups is 5. The second-order valence-electron chi connectivity index (χ2n) is 8.21. The molecule has 0 bridgehead atoms.